The van der Waals surface area contributed by atoms with Crippen LogP contribution < -0.4 is 0 Å². The summed E-state index contributed by atoms with van der Waals surface area (Å²) in [5.41, 5.74) is 0.992. The monoisotopic (exact) mass is 290 g/mol. The van der Waals surface area contributed by atoms with Gasteiger partial charge in [0.05, 0.1) is 26.5 Å². The predicted octanol–water partition coefficient (Wildman–Crippen LogP) is 3.15. The number of ether oxygens (including phenoxy) is 1. The molecule has 0 bridgehead atoms. The minimum atomic E-state index is -3.05. The zero-order valence-electron chi connectivity index (χ0n) is 11.9. The third-order valence-corrected chi connectivity index (χ3v) is 5.33. The quantitative estimate of drug-likeness (QED) is 0.409. The first kappa shape index (κ1) is 16.4. The van der Waals surface area contributed by atoms with Gasteiger partial charge in [0.2, 0.25) is 0 Å². The Bertz CT molecular complexity index is 367. The molecule has 1 fully saturated rings. The van der Waals surface area contributed by atoms with Crippen molar-refractivity contribution in [3.8, 4) is 0 Å². The summed E-state index contributed by atoms with van der Waals surface area (Å²) in [6, 6.07) is 0. The largest absolute Gasteiger partial charge is 0.466 e. The Labute approximate surface area is 114 Å². The molecule has 19 heavy (non-hydrogen) atoms. The molecule has 0 amide bonds. The standard InChI is InChI=1S/C13H23O5P/c1-4-17-19(15,18-5-2)10-12-8-6-7-11(12)9-13(14)16-3/h9,12H,4-8,10H2,1-3H3. The van der Waals surface area contributed by atoms with Gasteiger partial charge in [-0.3, -0.25) is 4.57 Å². The van der Waals surface area contributed by atoms with Crippen LogP contribution in [0.4, 0.5) is 0 Å². The SMILES string of the molecule is CCOP(=O)(CC1CCCC1=CC(=O)OC)OCC. The van der Waals surface area contributed by atoms with Gasteiger partial charge in [0.1, 0.15) is 0 Å². The van der Waals surface area contributed by atoms with Crippen LogP contribution in [0.1, 0.15) is 33.1 Å². The van der Waals surface area contributed by atoms with E-state index >= 15 is 0 Å². The van der Waals surface area contributed by atoms with E-state index in [2.05, 4.69) is 4.74 Å². The zero-order valence-corrected chi connectivity index (χ0v) is 12.8. The molecule has 0 saturated heterocycles. The van der Waals surface area contributed by atoms with Crippen LogP contribution in [0.3, 0.4) is 0 Å². The van der Waals surface area contributed by atoms with Gasteiger partial charge in [-0.25, -0.2) is 4.79 Å². The minimum Gasteiger partial charge on any atom is -0.466 e. The molecule has 1 unspecified atom stereocenters. The number of esters is 1. The van der Waals surface area contributed by atoms with Gasteiger partial charge in [-0.1, -0.05) is 5.57 Å². The molecule has 0 heterocycles. The molecule has 1 saturated carbocycles. The van der Waals surface area contributed by atoms with E-state index in [-0.39, 0.29) is 11.9 Å². The Kier molecular flexibility index (Phi) is 6.76. The summed E-state index contributed by atoms with van der Waals surface area (Å²) in [4.78, 5) is 11.3. The molecule has 0 aromatic heterocycles. The molecule has 0 aliphatic heterocycles. The molecule has 6 heteroatoms. The van der Waals surface area contributed by atoms with Gasteiger partial charge in [-0.15, -0.1) is 0 Å². The van der Waals surface area contributed by atoms with Gasteiger partial charge in [-0.2, -0.15) is 0 Å². The molecule has 0 aromatic rings. The first-order valence-electron chi connectivity index (χ1n) is 6.71. The molecular formula is C13H23O5P. The van der Waals surface area contributed by atoms with Crippen molar-refractivity contribution in [3.63, 3.8) is 0 Å². The number of carbonyl (C=O) groups excluding carboxylic acids is 1. The molecule has 110 valence electrons. The van der Waals surface area contributed by atoms with Gasteiger partial charge in [0.15, 0.2) is 0 Å². The third kappa shape index (κ3) is 5.09. The highest BCUT2D eigenvalue weighted by molar-refractivity contribution is 7.53. The number of carbonyl (C=O) groups is 1. The molecule has 0 aromatic carbocycles. The Balaban J connectivity index is 2.75. The van der Waals surface area contributed by atoms with Crippen molar-refractivity contribution in [2.24, 2.45) is 5.92 Å². The van der Waals surface area contributed by atoms with E-state index in [1.54, 1.807) is 13.8 Å². The van der Waals surface area contributed by atoms with Crippen LogP contribution in [0.25, 0.3) is 0 Å². The predicted molar refractivity (Wildman–Crippen MR) is 73.2 cm³/mol. The summed E-state index contributed by atoms with van der Waals surface area (Å²) >= 11 is 0. The first-order chi connectivity index (χ1) is 9.04. The Morgan fingerprint density at radius 2 is 2.00 bits per heavy atom. The molecule has 0 radical (unpaired) electrons. The third-order valence-electron chi connectivity index (χ3n) is 3.14. The lowest BCUT2D eigenvalue weighted by atomic mass is 10.1. The average molecular weight is 290 g/mol. The van der Waals surface area contributed by atoms with E-state index in [0.29, 0.717) is 19.4 Å². The van der Waals surface area contributed by atoms with Crippen LogP contribution in [0, 0.1) is 5.92 Å². The van der Waals surface area contributed by atoms with Gasteiger partial charge < -0.3 is 13.8 Å². The second kappa shape index (κ2) is 7.83. The fourth-order valence-corrected chi connectivity index (χ4v) is 4.39. The van der Waals surface area contributed by atoms with Crippen molar-refractivity contribution in [1.82, 2.24) is 0 Å². The van der Waals surface area contributed by atoms with Crippen molar-refractivity contribution in [3.05, 3.63) is 11.6 Å². The van der Waals surface area contributed by atoms with Crippen molar-refractivity contribution >= 4 is 13.6 Å². The van der Waals surface area contributed by atoms with E-state index in [0.717, 1.165) is 24.8 Å². The molecule has 0 spiro atoms. The van der Waals surface area contributed by atoms with E-state index in [9.17, 15) is 9.36 Å². The highest BCUT2D eigenvalue weighted by atomic mass is 31.2. The zero-order chi connectivity index (χ0) is 14.3. The maximum Gasteiger partial charge on any atom is 0.331 e. The topological polar surface area (TPSA) is 61.8 Å². The van der Waals surface area contributed by atoms with Crippen molar-refractivity contribution in [2.45, 2.75) is 33.1 Å². The highest BCUT2D eigenvalue weighted by Gasteiger charge is 2.32. The second-order valence-corrected chi connectivity index (χ2v) is 6.56. The fraction of sp³-hybridized carbons (Fsp3) is 0.769. The summed E-state index contributed by atoms with van der Waals surface area (Å²) in [6.45, 7) is 4.32. The summed E-state index contributed by atoms with van der Waals surface area (Å²) < 4.78 is 27.7. The molecule has 1 rings (SSSR count). The van der Waals surface area contributed by atoms with Crippen molar-refractivity contribution in [1.29, 1.82) is 0 Å². The molecule has 1 atom stereocenters. The lowest BCUT2D eigenvalue weighted by Crippen LogP contribution is -2.10. The molecular weight excluding hydrogens is 267 g/mol. The van der Waals surface area contributed by atoms with Gasteiger partial charge in [-0.05, 0) is 39.0 Å². The van der Waals surface area contributed by atoms with Crippen LogP contribution in [0.5, 0.6) is 0 Å². The van der Waals surface area contributed by atoms with E-state index in [4.69, 9.17) is 9.05 Å². The minimum absolute atomic E-state index is 0.0861. The van der Waals surface area contributed by atoms with Gasteiger partial charge in [0.25, 0.3) is 0 Å². The lowest BCUT2D eigenvalue weighted by Gasteiger charge is -2.21. The summed E-state index contributed by atoms with van der Waals surface area (Å²) in [5.74, 6) is -0.271. The Morgan fingerprint density at radius 3 is 2.53 bits per heavy atom. The average Bonchev–Trinajstić information content (AvgIpc) is 2.76. The Morgan fingerprint density at radius 1 is 1.37 bits per heavy atom. The van der Waals surface area contributed by atoms with E-state index in [1.165, 1.54) is 13.2 Å². The molecule has 0 N–H and O–H groups in total. The summed E-state index contributed by atoms with van der Waals surface area (Å²) in [7, 11) is -1.69. The Hall–Kier alpha value is -0.640. The van der Waals surface area contributed by atoms with Crippen LogP contribution in [0.2, 0.25) is 0 Å². The summed E-state index contributed by atoms with van der Waals surface area (Å²) in [6.07, 6.45) is 4.61. The van der Waals surface area contributed by atoms with Crippen LogP contribution >= 0.6 is 7.60 Å². The van der Waals surface area contributed by atoms with Crippen LogP contribution in [-0.4, -0.2) is 32.5 Å². The van der Waals surface area contributed by atoms with Crippen molar-refractivity contribution < 1.29 is 23.1 Å². The van der Waals surface area contributed by atoms with Gasteiger partial charge >= 0.3 is 13.6 Å². The number of rotatable bonds is 7. The number of methoxy groups -OCH3 is 1. The first-order valence-corrected chi connectivity index (χ1v) is 8.44. The van der Waals surface area contributed by atoms with Crippen LogP contribution in [-0.2, 0) is 23.1 Å². The molecule has 1 aliphatic carbocycles. The fourth-order valence-electron chi connectivity index (χ4n) is 2.36. The van der Waals surface area contributed by atoms with E-state index < -0.39 is 7.60 Å². The number of allylic oxidation sites excluding steroid dienone is 1. The normalized spacial score (nSPS) is 21.8. The molecule has 1 aliphatic rings. The molecule has 5 nitrogen and oxygen atoms in total. The summed E-state index contributed by atoms with van der Waals surface area (Å²) in [5, 5.41) is 0. The van der Waals surface area contributed by atoms with Gasteiger partial charge in [0, 0.05) is 6.08 Å². The number of hydrogen-bond donors (Lipinski definition) is 0. The maximum absolute atomic E-state index is 12.5. The maximum atomic E-state index is 12.5. The second-order valence-electron chi connectivity index (χ2n) is 4.46. The van der Waals surface area contributed by atoms with Crippen LogP contribution in [0.15, 0.2) is 11.6 Å². The number of hydrogen-bond acceptors (Lipinski definition) is 5. The smallest absolute Gasteiger partial charge is 0.331 e. The highest BCUT2D eigenvalue weighted by Crippen LogP contribution is 2.52. The van der Waals surface area contributed by atoms with E-state index in [1.807, 2.05) is 0 Å². The van der Waals surface area contributed by atoms with Crippen molar-refractivity contribution in [2.75, 3.05) is 26.5 Å². The lowest BCUT2D eigenvalue weighted by molar-refractivity contribution is -0.134.